The number of halogens is 1. The van der Waals surface area contributed by atoms with Crippen LogP contribution in [0.15, 0.2) is 34.9 Å². The summed E-state index contributed by atoms with van der Waals surface area (Å²) in [5.41, 5.74) is 1.89. The summed E-state index contributed by atoms with van der Waals surface area (Å²) in [4.78, 5) is 8.72. The number of aryl methyl sites for hydroxylation is 3. The van der Waals surface area contributed by atoms with Gasteiger partial charge in [-0.2, -0.15) is 0 Å². The maximum Gasteiger partial charge on any atom is 0.175 e. The molecule has 118 valence electrons. The SMILES string of the molecule is Cc1nc(Nc2ccc(C)c(Cl)c2)cc(Nc2cc(C)on2)n1. The Morgan fingerprint density at radius 2 is 1.65 bits per heavy atom. The molecule has 0 unspecified atom stereocenters. The molecular formula is C16H16ClN5O. The highest BCUT2D eigenvalue weighted by Gasteiger charge is 2.06. The van der Waals surface area contributed by atoms with Gasteiger partial charge in [0.25, 0.3) is 0 Å². The summed E-state index contributed by atoms with van der Waals surface area (Å²) >= 11 is 6.15. The predicted molar refractivity (Wildman–Crippen MR) is 90.8 cm³/mol. The van der Waals surface area contributed by atoms with Crippen LogP contribution in [0.1, 0.15) is 17.1 Å². The number of nitrogens with zero attached hydrogens (tertiary/aromatic N) is 3. The quantitative estimate of drug-likeness (QED) is 0.732. The second kappa shape index (κ2) is 6.26. The van der Waals surface area contributed by atoms with Crippen molar-refractivity contribution in [2.75, 3.05) is 10.6 Å². The number of hydrogen-bond acceptors (Lipinski definition) is 6. The summed E-state index contributed by atoms with van der Waals surface area (Å²) in [6.07, 6.45) is 0. The van der Waals surface area contributed by atoms with E-state index < -0.39 is 0 Å². The Balaban J connectivity index is 1.83. The van der Waals surface area contributed by atoms with Crippen molar-refractivity contribution in [1.82, 2.24) is 15.1 Å². The van der Waals surface area contributed by atoms with Gasteiger partial charge in [0.05, 0.1) is 0 Å². The fraction of sp³-hybridized carbons (Fsp3) is 0.188. The molecule has 0 fully saturated rings. The lowest BCUT2D eigenvalue weighted by atomic mass is 10.2. The molecule has 0 atom stereocenters. The minimum atomic E-state index is 0.602. The van der Waals surface area contributed by atoms with Crippen molar-refractivity contribution in [1.29, 1.82) is 0 Å². The second-order valence-corrected chi connectivity index (χ2v) is 5.63. The van der Waals surface area contributed by atoms with Gasteiger partial charge in [0.1, 0.15) is 23.2 Å². The van der Waals surface area contributed by atoms with Crippen LogP contribution < -0.4 is 10.6 Å². The Morgan fingerprint density at radius 1 is 0.913 bits per heavy atom. The molecule has 0 amide bonds. The average molecular weight is 330 g/mol. The Hall–Kier alpha value is -2.60. The molecule has 23 heavy (non-hydrogen) atoms. The lowest BCUT2D eigenvalue weighted by molar-refractivity contribution is 0.400. The van der Waals surface area contributed by atoms with Gasteiger partial charge in [-0.15, -0.1) is 0 Å². The first-order valence-electron chi connectivity index (χ1n) is 7.09. The molecule has 0 saturated carbocycles. The van der Waals surface area contributed by atoms with Gasteiger partial charge in [0.15, 0.2) is 5.82 Å². The standard InChI is InChI=1S/C16H16ClN5O/c1-9-4-5-12(7-13(9)17)20-14-8-15(19-11(3)18-14)21-16-6-10(2)23-22-16/h4-8H,1-3H3,(H2,18,19,20,21,22). The summed E-state index contributed by atoms with van der Waals surface area (Å²) in [6.45, 7) is 5.62. The van der Waals surface area contributed by atoms with E-state index in [1.54, 1.807) is 12.1 Å². The largest absolute Gasteiger partial charge is 0.360 e. The molecular weight excluding hydrogens is 314 g/mol. The molecule has 0 spiro atoms. The Morgan fingerprint density at radius 3 is 2.30 bits per heavy atom. The average Bonchev–Trinajstić information content (AvgIpc) is 2.87. The normalized spacial score (nSPS) is 10.6. The molecule has 0 saturated heterocycles. The van der Waals surface area contributed by atoms with Gasteiger partial charge < -0.3 is 15.2 Å². The van der Waals surface area contributed by atoms with Crippen LogP contribution in [-0.4, -0.2) is 15.1 Å². The molecule has 2 aromatic heterocycles. The number of benzene rings is 1. The highest BCUT2D eigenvalue weighted by Crippen LogP contribution is 2.24. The minimum Gasteiger partial charge on any atom is -0.360 e. The maximum atomic E-state index is 6.15. The van der Waals surface area contributed by atoms with E-state index in [-0.39, 0.29) is 0 Å². The van der Waals surface area contributed by atoms with E-state index in [1.165, 1.54) is 0 Å². The first-order valence-corrected chi connectivity index (χ1v) is 7.46. The van der Waals surface area contributed by atoms with Crippen molar-refractivity contribution in [3.8, 4) is 0 Å². The van der Waals surface area contributed by atoms with Gasteiger partial charge in [-0.1, -0.05) is 22.8 Å². The molecule has 2 heterocycles. The Labute approximate surface area is 138 Å². The van der Waals surface area contributed by atoms with E-state index in [0.29, 0.717) is 28.3 Å². The first-order chi connectivity index (χ1) is 11.0. The van der Waals surface area contributed by atoms with Crippen LogP contribution in [0.5, 0.6) is 0 Å². The van der Waals surface area contributed by atoms with E-state index in [0.717, 1.165) is 17.0 Å². The lowest BCUT2D eigenvalue weighted by Crippen LogP contribution is -2.01. The van der Waals surface area contributed by atoms with Crippen LogP contribution in [0.25, 0.3) is 0 Å². The van der Waals surface area contributed by atoms with E-state index in [9.17, 15) is 0 Å². The summed E-state index contributed by atoms with van der Waals surface area (Å²) in [5, 5.41) is 10.9. The summed E-state index contributed by atoms with van der Waals surface area (Å²) in [7, 11) is 0. The van der Waals surface area contributed by atoms with Gasteiger partial charge in [-0.25, -0.2) is 9.97 Å². The molecule has 7 heteroatoms. The summed E-state index contributed by atoms with van der Waals surface area (Å²) in [6, 6.07) is 9.36. The zero-order valence-corrected chi connectivity index (χ0v) is 13.8. The lowest BCUT2D eigenvalue weighted by Gasteiger charge is -2.10. The van der Waals surface area contributed by atoms with Crippen molar-refractivity contribution in [3.05, 3.63) is 52.5 Å². The number of hydrogen-bond donors (Lipinski definition) is 2. The van der Waals surface area contributed by atoms with Crippen LogP contribution >= 0.6 is 11.6 Å². The fourth-order valence-electron chi connectivity index (χ4n) is 2.07. The minimum absolute atomic E-state index is 0.602. The van der Waals surface area contributed by atoms with Gasteiger partial charge in [0, 0.05) is 22.8 Å². The number of rotatable bonds is 4. The van der Waals surface area contributed by atoms with E-state index in [2.05, 4.69) is 25.8 Å². The highest BCUT2D eigenvalue weighted by atomic mass is 35.5. The summed E-state index contributed by atoms with van der Waals surface area (Å²) < 4.78 is 5.03. The molecule has 0 aliphatic rings. The Kier molecular flexibility index (Phi) is 4.16. The molecule has 2 N–H and O–H groups in total. The molecule has 0 aliphatic carbocycles. The first kappa shape index (κ1) is 15.3. The third kappa shape index (κ3) is 3.78. The van der Waals surface area contributed by atoms with Crippen LogP contribution in [0.2, 0.25) is 5.02 Å². The van der Waals surface area contributed by atoms with Crippen molar-refractivity contribution in [2.45, 2.75) is 20.8 Å². The van der Waals surface area contributed by atoms with E-state index in [4.69, 9.17) is 16.1 Å². The van der Waals surface area contributed by atoms with Crippen molar-refractivity contribution >= 4 is 34.7 Å². The Bertz CT molecular complexity index is 846. The highest BCUT2D eigenvalue weighted by molar-refractivity contribution is 6.31. The van der Waals surface area contributed by atoms with Crippen molar-refractivity contribution in [2.24, 2.45) is 0 Å². The van der Waals surface area contributed by atoms with Crippen molar-refractivity contribution < 1.29 is 4.52 Å². The smallest absolute Gasteiger partial charge is 0.175 e. The molecule has 1 aromatic carbocycles. The number of aromatic nitrogens is 3. The van der Waals surface area contributed by atoms with Gasteiger partial charge in [0.2, 0.25) is 0 Å². The van der Waals surface area contributed by atoms with E-state index >= 15 is 0 Å². The van der Waals surface area contributed by atoms with E-state index in [1.807, 2.05) is 39.0 Å². The molecule has 3 aromatic rings. The summed E-state index contributed by atoms with van der Waals surface area (Å²) in [5.74, 6) is 3.26. The number of anilines is 4. The third-order valence-electron chi connectivity index (χ3n) is 3.17. The van der Waals surface area contributed by atoms with Gasteiger partial charge in [-0.3, -0.25) is 0 Å². The van der Waals surface area contributed by atoms with Gasteiger partial charge >= 0.3 is 0 Å². The topological polar surface area (TPSA) is 75.9 Å². The molecule has 0 radical (unpaired) electrons. The second-order valence-electron chi connectivity index (χ2n) is 5.22. The number of nitrogens with one attached hydrogen (secondary N) is 2. The third-order valence-corrected chi connectivity index (χ3v) is 3.57. The zero-order chi connectivity index (χ0) is 16.4. The molecule has 0 bridgehead atoms. The maximum absolute atomic E-state index is 6.15. The molecule has 0 aliphatic heterocycles. The van der Waals surface area contributed by atoms with Crippen LogP contribution in [-0.2, 0) is 0 Å². The van der Waals surface area contributed by atoms with Crippen molar-refractivity contribution in [3.63, 3.8) is 0 Å². The zero-order valence-electron chi connectivity index (χ0n) is 13.0. The predicted octanol–water partition coefficient (Wildman–Crippen LogP) is 4.53. The molecule has 6 nitrogen and oxygen atoms in total. The van der Waals surface area contributed by atoms with Crippen LogP contribution in [0, 0.1) is 20.8 Å². The monoisotopic (exact) mass is 329 g/mol. The fourth-order valence-corrected chi connectivity index (χ4v) is 2.25. The van der Waals surface area contributed by atoms with Crippen LogP contribution in [0.3, 0.4) is 0 Å². The van der Waals surface area contributed by atoms with Gasteiger partial charge in [-0.05, 0) is 38.5 Å². The van der Waals surface area contributed by atoms with Crippen LogP contribution in [0.4, 0.5) is 23.1 Å². The molecule has 3 rings (SSSR count).